The van der Waals surface area contributed by atoms with Crippen molar-refractivity contribution >= 4 is 16.7 Å². The van der Waals surface area contributed by atoms with Gasteiger partial charge in [0.05, 0.1) is 0 Å². The van der Waals surface area contributed by atoms with Gasteiger partial charge in [0, 0.05) is 23.7 Å². The maximum atomic E-state index is 12.9. The third-order valence-corrected chi connectivity index (χ3v) is 3.50. The minimum atomic E-state index is -0.196. The molecule has 94 valence electrons. The summed E-state index contributed by atoms with van der Waals surface area (Å²) in [6.45, 7) is 6.48. The van der Waals surface area contributed by atoms with E-state index in [9.17, 15) is 4.39 Å². The van der Waals surface area contributed by atoms with Gasteiger partial charge in [-0.2, -0.15) is 0 Å². The van der Waals surface area contributed by atoms with Crippen molar-refractivity contribution in [2.75, 3.05) is 13.3 Å². The molecule has 0 saturated carbocycles. The molecule has 0 fully saturated rings. The summed E-state index contributed by atoms with van der Waals surface area (Å²) in [6.07, 6.45) is 4.14. The van der Waals surface area contributed by atoms with E-state index in [4.69, 9.17) is 0 Å². The van der Waals surface area contributed by atoms with Crippen molar-refractivity contribution in [1.82, 2.24) is 4.90 Å². The zero-order valence-corrected chi connectivity index (χ0v) is 11.9. The molecule has 0 aliphatic heterocycles. The summed E-state index contributed by atoms with van der Waals surface area (Å²) >= 11 is 1.67. The Hall–Kier alpha value is -0.960. The first kappa shape index (κ1) is 14.1. The first-order valence-electron chi connectivity index (χ1n) is 5.59. The normalized spacial score (nSPS) is 12.7. The molecule has 0 N–H and O–H groups in total. The van der Waals surface area contributed by atoms with E-state index in [-0.39, 0.29) is 11.4 Å². The molecule has 0 aliphatic rings. The van der Waals surface area contributed by atoms with Crippen molar-refractivity contribution in [3.05, 3.63) is 41.8 Å². The SMILES string of the molecule is CS/C(=C\N(C)C(C)(C)C)c1ccc(F)cc1. The van der Waals surface area contributed by atoms with Crippen LogP contribution in [0.15, 0.2) is 30.5 Å². The van der Waals surface area contributed by atoms with Gasteiger partial charge in [0.25, 0.3) is 0 Å². The van der Waals surface area contributed by atoms with E-state index < -0.39 is 0 Å². The number of thioether (sulfide) groups is 1. The highest BCUT2D eigenvalue weighted by atomic mass is 32.2. The zero-order valence-electron chi connectivity index (χ0n) is 11.1. The number of halogens is 1. The monoisotopic (exact) mass is 253 g/mol. The molecular weight excluding hydrogens is 233 g/mol. The fourth-order valence-electron chi connectivity index (χ4n) is 1.23. The number of rotatable bonds is 3. The van der Waals surface area contributed by atoms with Crippen molar-refractivity contribution in [3.8, 4) is 0 Å². The first-order chi connectivity index (χ1) is 7.84. The molecular formula is C14H20FNS. The second-order valence-electron chi connectivity index (χ2n) is 4.99. The van der Waals surface area contributed by atoms with Gasteiger partial charge in [-0.05, 0) is 44.7 Å². The second-order valence-corrected chi connectivity index (χ2v) is 5.83. The van der Waals surface area contributed by atoms with Gasteiger partial charge in [0.2, 0.25) is 0 Å². The lowest BCUT2D eigenvalue weighted by Crippen LogP contribution is -2.33. The van der Waals surface area contributed by atoms with Crippen LogP contribution in [0.3, 0.4) is 0 Å². The average Bonchev–Trinajstić information content (AvgIpc) is 2.25. The van der Waals surface area contributed by atoms with Crippen molar-refractivity contribution in [2.45, 2.75) is 26.3 Å². The molecule has 1 rings (SSSR count). The van der Waals surface area contributed by atoms with Crippen LogP contribution in [-0.4, -0.2) is 23.7 Å². The Kier molecular flexibility index (Phi) is 4.63. The molecule has 0 unspecified atom stereocenters. The predicted octanol–water partition coefficient (Wildman–Crippen LogP) is 4.22. The van der Waals surface area contributed by atoms with E-state index in [1.54, 1.807) is 11.8 Å². The second kappa shape index (κ2) is 5.58. The van der Waals surface area contributed by atoms with Gasteiger partial charge in [0.15, 0.2) is 0 Å². The predicted molar refractivity (Wildman–Crippen MR) is 75.4 cm³/mol. The highest BCUT2D eigenvalue weighted by molar-refractivity contribution is 8.07. The Bertz CT molecular complexity index is 390. The Morgan fingerprint density at radius 2 is 1.76 bits per heavy atom. The van der Waals surface area contributed by atoms with Crippen molar-refractivity contribution < 1.29 is 4.39 Å². The van der Waals surface area contributed by atoms with Crippen LogP contribution in [0.1, 0.15) is 26.3 Å². The summed E-state index contributed by atoms with van der Waals surface area (Å²) in [7, 11) is 2.06. The van der Waals surface area contributed by atoms with Crippen LogP contribution < -0.4 is 0 Å². The highest BCUT2D eigenvalue weighted by Gasteiger charge is 2.14. The Morgan fingerprint density at radius 1 is 1.24 bits per heavy atom. The van der Waals surface area contributed by atoms with E-state index in [1.165, 1.54) is 12.1 Å². The topological polar surface area (TPSA) is 3.24 Å². The zero-order chi connectivity index (χ0) is 13.1. The summed E-state index contributed by atoms with van der Waals surface area (Å²) in [4.78, 5) is 3.31. The fraction of sp³-hybridized carbons (Fsp3) is 0.429. The summed E-state index contributed by atoms with van der Waals surface area (Å²) in [5.41, 5.74) is 1.14. The molecule has 0 amide bonds. The van der Waals surface area contributed by atoms with Crippen LogP contribution in [0, 0.1) is 5.82 Å². The van der Waals surface area contributed by atoms with Gasteiger partial charge in [-0.1, -0.05) is 12.1 Å². The molecule has 0 aliphatic carbocycles. The molecule has 0 radical (unpaired) electrons. The molecule has 0 bridgehead atoms. The molecule has 3 heteroatoms. The quantitative estimate of drug-likeness (QED) is 0.793. The number of benzene rings is 1. The van der Waals surface area contributed by atoms with Crippen molar-refractivity contribution in [3.63, 3.8) is 0 Å². The van der Waals surface area contributed by atoms with Gasteiger partial charge in [-0.15, -0.1) is 11.8 Å². The molecule has 0 spiro atoms. The molecule has 0 aromatic heterocycles. The van der Waals surface area contributed by atoms with E-state index >= 15 is 0 Å². The van der Waals surface area contributed by atoms with Crippen LogP contribution in [0.4, 0.5) is 4.39 Å². The molecule has 1 aromatic carbocycles. The highest BCUT2D eigenvalue weighted by Crippen LogP contribution is 2.27. The summed E-state index contributed by atoms with van der Waals surface area (Å²) < 4.78 is 12.9. The van der Waals surface area contributed by atoms with E-state index in [2.05, 4.69) is 38.9 Å². The van der Waals surface area contributed by atoms with Crippen molar-refractivity contribution in [2.24, 2.45) is 0 Å². The maximum Gasteiger partial charge on any atom is 0.123 e. The van der Waals surface area contributed by atoms with Crippen LogP contribution in [0.2, 0.25) is 0 Å². The van der Waals surface area contributed by atoms with Crippen LogP contribution in [0.25, 0.3) is 4.91 Å². The molecule has 1 nitrogen and oxygen atoms in total. The molecule has 0 heterocycles. The van der Waals surface area contributed by atoms with Crippen LogP contribution in [-0.2, 0) is 0 Å². The molecule has 0 atom stereocenters. The minimum absolute atomic E-state index is 0.0843. The van der Waals surface area contributed by atoms with E-state index in [0.717, 1.165) is 10.5 Å². The maximum absolute atomic E-state index is 12.9. The van der Waals surface area contributed by atoms with Gasteiger partial charge < -0.3 is 4.90 Å². The largest absolute Gasteiger partial charge is 0.375 e. The summed E-state index contributed by atoms with van der Waals surface area (Å²) in [5, 5.41) is 0. The lowest BCUT2D eigenvalue weighted by molar-refractivity contribution is 0.251. The standard InChI is InChI=1S/C14H20FNS/c1-14(2,3)16(4)10-13(17-5)11-6-8-12(15)9-7-11/h6-10H,1-5H3/b13-10-. The van der Waals surface area contributed by atoms with Gasteiger partial charge in [0.1, 0.15) is 5.82 Å². The first-order valence-corrected chi connectivity index (χ1v) is 6.82. The summed E-state index contributed by atoms with van der Waals surface area (Å²) in [5.74, 6) is -0.196. The molecule has 17 heavy (non-hydrogen) atoms. The Labute approximate surface area is 108 Å². The summed E-state index contributed by atoms with van der Waals surface area (Å²) in [6, 6.07) is 6.62. The van der Waals surface area contributed by atoms with Gasteiger partial charge in [-0.25, -0.2) is 4.39 Å². The lowest BCUT2D eigenvalue weighted by Gasteiger charge is -2.31. The number of nitrogens with zero attached hydrogens (tertiary/aromatic N) is 1. The van der Waals surface area contributed by atoms with Crippen LogP contribution >= 0.6 is 11.8 Å². The Balaban J connectivity index is 2.99. The number of hydrogen-bond acceptors (Lipinski definition) is 2. The van der Waals surface area contributed by atoms with Gasteiger partial charge in [-0.3, -0.25) is 0 Å². The fourth-order valence-corrected chi connectivity index (χ4v) is 1.86. The third-order valence-electron chi connectivity index (χ3n) is 2.72. The lowest BCUT2D eigenvalue weighted by atomic mass is 10.1. The minimum Gasteiger partial charge on any atom is -0.375 e. The average molecular weight is 253 g/mol. The van der Waals surface area contributed by atoms with E-state index in [0.29, 0.717) is 0 Å². The molecule has 1 aromatic rings. The molecule has 0 saturated heterocycles. The van der Waals surface area contributed by atoms with Crippen LogP contribution in [0.5, 0.6) is 0 Å². The smallest absolute Gasteiger partial charge is 0.123 e. The third kappa shape index (κ3) is 4.08. The number of hydrogen-bond donors (Lipinski definition) is 0. The van der Waals surface area contributed by atoms with Gasteiger partial charge >= 0.3 is 0 Å². The Morgan fingerprint density at radius 3 is 2.18 bits per heavy atom. The van der Waals surface area contributed by atoms with Crippen molar-refractivity contribution in [1.29, 1.82) is 0 Å². The van der Waals surface area contributed by atoms with E-state index in [1.807, 2.05) is 18.4 Å².